The number of halogens is 6. The van der Waals surface area contributed by atoms with Crippen LogP contribution in [0.2, 0.25) is 0 Å². The summed E-state index contributed by atoms with van der Waals surface area (Å²) in [6.07, 6.45) is -10.3. The lowest BCUT2D eigenvalue weighted by Crippen LogP contribution is -2.50. The Balaban J connectivity index is 2.59. The molecule has 168 valence electrons. The molecule has 1 atom stereocenters. The first kappa shape index (κ1) is 24.2. The van der Waals surface area contributed by atoms with Gasteiger partial charge in [-0.1, -0.05) is 18.2 Å². The molecular weight excluding hydrogens is 430 g/mol. The Morgan fingerprint density at radius 2 is 1.52 bits per heavy atom. The second-order valence-electron chi connectivity index (χ2n) is 7.47. The van der Waals surface area contributed by atoms with Gasteiger partial charge in [-0.15, -0.1) is 0 Å². The van der Waals surface area contributed by atoms with Crippen LogP contribution in [0.5, 0.6) is 0 Å². The third kappa shape index (κ3) is 5.96. The summed E-state index contributed by atoms with van der Waals surface area (Å²) in [5.41, 5.74) is -1.90. The van der Waals surface area contributed by atoms with E-state index in [-0.39, 0.29) is 11.3 Å². The summed E-state index contributed by atoms with van der Waals surface area (Å²) >= 11 is 0. The number of ether oxygens (including phenoxy) is 1. The normalized spacial score (nSPS) is 13.5. The number of amides is 1. The Labute approximate surface area is 173 Å². The van der Waals surface area contributed by atoms with Gasteiger partial charge in [0.1, 0.15) is 6.04 Å². The Hall–Kier alpha value is -3.11. The maximum Gasteiger partial charge on any atom is 0.491 e. The summed E-state index contributed by atoms with van der Waals surface area (Å²) in [4.78, 5) is 28.8. The highest BCUT2D eigenvalue weighted by atomic mass is 19.4. The average molecular weight is 448 g/mol. The van der Waals surface area contributed by atoms with Crippen molar-refractivity contribution in [1.29, 1.82) is 0 Å². The first-order valence-electron chi connectivity index (χ1n) is 8.83. The number of esters is 1. The van der Waals surface area contributed by atoms with Gasteiger partial charge in [-0.05, 0) is 50.6 Å². The molecule has 1 aromatic carbocycles. The lowest BCUT2D eigenvalue weighted by Gasteiger charge is -2.40. The zero-order valence-corrected chi connectivity index (χ0v) is 16.6. The van der Waals surface area contributed by atoms with Crippen molar-refractivity contribution in [3.8, 4) is 0 Å². The minimum Gasteiger partial charge on any atom is -0.369 e. The van der Waals surface area contributed by atoms with Crippen molar-refractivity contribution in [2.24, 2.45) is 0 Å². The number of benzene rings is 1. The molecule has 0 fully saturated rings. The predicted molar refractivity (Wildman–Crippen MR) is 96.7 cm³/mol. The van der Waals surface area contributed by atoms with E-state index in [9.17, 15) is 35.9 Å². The van der Waals surface area contributed by atoms with Gasteiger partial charge >= 0.3 is 24.4 Å². The standard InChI is InChI=1S/C20H18F6N2O3/c1-18(2,3)28(17(30)31-16(29)20(24,25)26)15(14-6-4-5-11-27-14)12-7-9-13(10-8-12)19(21,22)23/h4-11,15H,1-3H3. The lowest BCUT2D eigenvalue weighted by atomic mass is 9.95. The molecule has 0 bridgehead atoms. The van der Waals surface area contributed by atoms with Gasteiger partial charge in [0, 0.05) is 11.7 Å². The smallest absolute Gasteiger partial charge is 0.369 e. The Morgan fingerprint density at radius 1 is 0.935 bits per heavy atom. The van der Waals surface area contributed by atoms with Crippen LogP contribution < -0.4 is 0 Å². The number of rotatable bonds is 3. The van der Waals surface area contributed by atoms with E-state index >= 15 is 0 Å². The van der Waals surface area contributed by atoms with Gasteiger partial charge in [0.2, 0.25) is 0 Å². The SMILES string of the molecule is CC(C)(C)N(C(=O)OC(=O)C(F)(F)F)C(c1ccc(C(F)(F)F)cc1)c1ccccn1. The van der Waals surface area contributed by atoms with Crippen LogP contribution in [0.25, 0.3) is 0 Å². The summed E-state index contributed by atoms with van der Waals surface area (Å²) in [5.74, 6) is -2.71. The number of alkyl halides is 6. The summed E-state index contributed by atoms with van der Waals surface area (Å²) in [6.45, 7) is 4.39. The third-order valence-electron chi connectivity index (χ3n) is 4.11. The molecule has 1 unspecified atom stereocenters. The van der Waals surface area contributed by atoms with Crippen molar-refractivity contribution in [3.63, 3.8) is 0 Å². The van der Waals surface area contributed by atoms with Gasteiger partial charge in [-0.3, -0.25) is 9.88 Å². The Kier molecular flexibility index (Phi) is 6.67. The van der Waals surface area contributed by atoms with Crippen molar-refractivity contribution in [2.75, 3.05) is 0 Å². The highest BCUT2D eigenvalue weighted by molar-refractivity contribution is 5.88. The van der Waals surface area contributed by atoms with Gasteiger partial charge < -0.3 is 4.74 Å². The van der Waals surface area contributed by atoms with Crippen molar-refractivity contribution >= 4 is 12.1 Å². The molecule has 0 spiro atoms. The largest absolute Gasteiger partial charge is 0.491 e. The van der Waals surface area contributed by atoms with E-state index in [1.807, 2.05) is 0 Å². The molecule has 1 aromatic heterocycles. The maximum atomic E-state index is 12.9. The van der Waals surface area contributed by atoms with Crippen LogP contribution in [0.1, 0.15) is 43.6 Å². The molecule has 0 saturated heterocycles. The van der Waals surface area contributed by atoms with Gasteiger partial charge in [0.15, 0.2) is 0 Å². The number of hydrogen-bond acceptors (Lipinski definition) is 4. The van der Waals surface area contributed by atoms with E-state index in [1.165, 1.54) is 39.1 Å². The first-order chi connectivity index (χ1) is 14.1. The second-order valence-corrected chi connectivity index (χ2v) is 7.47. The molecule has 1 amide bonds. The van der Waals surface area contributed by atoms with Crippen LogP contribution in [-0.4, -0.2) is 33.7 Å². The fraction of sp³-hybridized carbons (Fsp3) is 0.350. The Bertz CT molecular complexity index is 919. The number of hydrogen-bond donors (Lipinski definition) is 0. The average Bonchev–Trinajstić information content (AvgIpc) is 2.64. The second kappa shape index (κ2) is 8.56. The zero-order chi connectivity index (χ0) is 23.6. The summed E-state index contributed by atoms with van der Waals surface area (Å²) < 4.78 is 80.6. The molecule has 31 heavy (non-hydrogen) atoms. The molecule has 0 aliphatic heterocycles. The minimum absolute atomic E-state index is 0.123. The van der Waals surface area contributed by atoms with Crippen molar-refractivity contribution < 1.29 is 40.7 Å². The van der Waals surface area contributed by atoms with E-state index in [4.69, 9.17) is 0 Å². The maximum absolute atomic E-state index is 12.9. The highest BCUT2D eigenvalue weighted by Crippen LogP contribution is 2.36. The van der Waals surface area contributed by atoms with Crippen molar-refractivity contribution in [1.82, 2.24) is 9.88 Å². The predicted octanol–water partition coefficient (Wildman–Crippen LogP) is 5.52. The summed E-state index contributed by atoms with van der Waals surface area (Å²) in [7, 11) is 0. The first-order valence-corrected chi connectivity index (χ1v) is 8.83. The molecule has 0 saturated carbocycles. The topological polar surface area (TPSA) is 59.5 Å². The van der Waals surface area contributed by atoms with Gasteiger partial charge in [-0.25, -0.2) is 9.59 Å². The molecule has 11 heteroatoms. The van der Waals surface area contributed by atoms with Crippen LogP contribution in [-0.2, 0) is 15.7 Å². The van der Waals surface area contributed by atoms with E-state index in [1.54, 1.807) is 6.07 Å². The fourth-order valence-corrected chi connectivity index (χ4v) is 2.80. The van der Waals surface area contributed by atoms with Crippen LogP contribution in [0, 0.1) is 0 Å². The zero-order valence-electron chi connectivity index (χ0n) is 16.6. The number of pyridine rings is 1. The molecular formula is C20H18F6N2O3. The van der Waals surface area contributed by atoms with Crippen LogP contribution in [0.3, 0.4) is 0 Å². The van der Waals surface area contributed by atoms with Crippen molar-refractivity contribution in [2.45, 2.75) is 44.7 Å². The van der Waals surface area contributed by atoms with E-state index in [0.29, 0.717) is 0 Å². The molecule has 0 N–H and O–H groups in total. The number of nitrogens with zero attached hydrogens (tertiary/aromatic N) is 2. The molecule has 1 heterocycles. The third-order valence-corrected chi connectivity index (χ3v) is 4.11. The van der Waals surface area contributed by atoms with Crippen LogP contribution in [0.15, 0.2) is 48.7 Å². The van der Waals surface area contributed by atoms with E-state index < -0.39 is 41.6 Å². The molecule has 2 aromatic rings. The molecule has 2 rings (SSSR count). The molecule has 5 nitrogen and oxygen atoms in total. The number of carbonyl (C=O) groups is 2. The van der Waals surface area contributed by atoms with E-state index in [0.717, 1.165) is 29.2 Å². The monoisotopic (exact) mass is 448 g/mol. The summed E-state index contributed by atoms with van der Waals surface area (Å²) in [6, 6.07) is 7.00. The summed E-state index contributed by atoms with van der Waals surface area (Å²) in [5, 5.41) is 0. The number of aromatic nitrogens is 1. The van der Waals surface area contributed by atoms with Crippen LogP contribution >= 0.6 is 0 Å². The molecule has 0 aliphatic rings. The fourth-order valence-electron chi connectivity index (χ4n) is 2.80. The quantitative estimate of drug-likeness (QED) is 0.353. The minimum atomic E-state index is -5.41. The van der Waals surface area contributed by atoms with Crippen molar-refractivity contribution in [3.05, 3.63) is 65.5 Å². The van der Waals surface area contributed by atoms with Gasteiger partial charge in [-0.2, -0.15) is 26.3 Å². The lowest BCUT2D eigenvalue weighted by molar-refractivity contribution is -0.194. The molecule has 0 radical (unpaired) electrons. The molecule has 0 aliphatic carbocycles. The highest BCUT2D eigenvalue weighted by Gasteiger charge is 2.46. The van der Waals surface area contributed by atoms with Gasteiger partial charge in [0.25, 0.3) is 0 Å². The number of carbonyl (C=O) groups excluding carboxylic acids is 2. The van der Waals surface area contributed by atoms with Gasteiger partial charge in [0.05, 0.1) is 11.3 Å². The van der Waals surface area contributed by atoms with E-state index in [2.05, 4.69) is 9.72 Å². The van der Waals surface area contributed by atoms with Crippen LogP contribution in [0.4, 0.5) is 31.1 Å². The Morgan fingerprint density at radius 3 is 1.94 bits per heavy atom.